The Labute approximate surface area is 147 Å². The van der Waals surface area contributed by atoms with Gasteiger partial charge in [-0.15, -0.1) is 0 Å². The fraction of sp³-hybridized carbons (Fsp3) is 0.389. The lowest BCUT2D eigenvalue weighted by molar-refractivity contribution is -0.143. The Bertz CT molecular complexity index is 767. The molecule has 6 rings (SSSR count). The third kappa shape index (κ3) is 1.83. The van der Waals surface area contributed by atoms with Crippen molar-refractivity contribution in [1.82, 2.24) is 10.4 Å². The first-order chi connectivity index (χ1) is 11.6. The summed E-state index contributed by atoms with van der Waals surface area (Å²) in [5.74, 6) is -0.0797. The highest BCUT2D eigenvalue weighted by Crippen LogP contribution is 2.65. The van der Waals surface area contributed by atoms with Crippen LogP contribution in [0.2, 0.25) is 0 Å². The lowest BCUT2D eigenvalue weighted by Gasteiger charge is -2.37. The lowest BCUT2D eigenvalue weighted by atomic mass is 9.63. The van der Waals surface area contributed by atoms with E-state index in [1.54, 1.807) is 24.3 Å². The quantitative estimate of drug-likeness (QED) is 0.625. The molecule has 2 saturated carbocycles. The van der Waals surface area contributed by atoms with Crippen LogP contribution in [-0.2, 0) is 9.59 Å². The van der Waals surface area contributed by atoms with E-state index in [-0.39, 0.29) is 35.5 Å². The Morgan fingerprint density at radius 1 is 1.00 bits per heavy atom. The van der Waals surface area contributed by atoms with E-state index < -0.39 is 5.91 Å². The molecule has 0 spiro atoms. The number of imide groups is 1. The highest BCUT2D eigenvalue weighted by atomic mass is 79.9. The second kappa shape index (κ2) is 4.79. The molecular weight excluding hydrogens is 372 g/mol. The van der Waals surface area contributed by atoms with Crippen LogP contribution in [0.5, 0.6) is 0 Å². The molecule has 122 valence electrons. The molecule has 1 saturated heterocycles. The Morgan fingerprint density at radius 3 is 2.08 bits per heavy atom. The van der Waals surface area contributed by atoms with Crippen molar-refractivity contribution in [3.63, 3.8) is 0 Å². The topological polar surface area (TPSA) is 66.5 Å². The highest BCUT2D eigenvalue weighted by Gasteiger charge is 2.67. The number of halogens is 1. The maximum absolute atomic E-state index is 12.8. The molecule has 4 aliphatic carbocycles. The van der Waals surface area contributed by atoms with Gasteiger partial charge < -0.3 is 0 Å². The van der Waals surface area contributed by atoms with Crippen molar-refractivity contribution in [1.29, 1.82) is 0 Å². The molecule has 0 aromatic heterocycles. The van der Waals surface area contributed by atoms with Crippen LogP contribution in [0.4, 0.5) is 0 Å². The molecular formula is C18H15BrN2O3. The fourth-order valence-corrected chi connectivity index (χ4v) is 5.10. The van der Waals surface area contributed by atoms with Gasteiger partial charge in [-0.2, -0.15) is 5.01 Å². The standard InChI is InChI=1S/C18H15BrN2O3/c19-9-3-1-8(2-4-9)16(22)20-21-17(23)14-10-5-6-11(13-7-12(10)13)15(14)18(21)24/h1-6,10-15H,7H2,(H,20,22)/t10-,11+,12-,13-,14+,15+/m1/s1. The molecule has 5 aliphatic rings. The number of benzene rings is 1. The van der Waals surface area contributed by atoms with E-state index in [4.69, 9.17) is 0 Å². The minimum Gasteiger partial charge on any atom is -0.272 e. The predicted octanol–water partition coefficient (Wildman–Crippen LogP) is 2.15. The molecule has 6 atom stereocenters. The Morgan fingerprint density at radius 2 is 1.54 bits per heavy atom. The third-order valence-electron chi connectivity index (χ3n) is 5.98. The molecule has 1 aromatic carbocycles. The zero-order valence-corrected chi connectivity index (χ0v) is 14.3. The van der Waals surface area contributed by atoms with Crippen molar-refractivity contribution in [2.24, 2.45) is 35.5 Å². The summed E-state index contributed by atoms with van der Waals surface area (Å²) < 4.78 is 0.861. The second-order valence-corrected chi connectivity index (χ2v) is 8.03. The van der Waals surface area contributed by atoms with E-state index in [0.29, 0.717) is 17.4 Å². The van der Waals surface area contributed by atoms with Crippen LogP contribution in [-0.4, -0.2) is 22.7 Å². The largest absolute Gasteiger partial charge is 0.272 e. The number of hydrogen-bond acceptors (Lipinski definition) is 3. The first-order valence-electron chi connectivity index (χ1n) is 8.19. The molecule has 0 radical (unpaired) electrons. The van der Waals surface area contributed by atoms with Gasteiger partial charge in [0.2, 0.25) is 0 Å². The second-order valence-electron chi connectivity index (χ2n) is 7.11. The summed E-state index contributed by atoms with van der Waals surface area (Å²) in [5.41, 5.74) is 2.94. The van der Waals surface area contributed by atoms with E-state index in [1.807, 2.05) is 0 Å². The van der Waals surface area contributed by atoms with Crippen molar-refractivity contribution < 1.29 is 14.4 Å². The average Bonchev–Trinajstić information content (AvgIpc) is 3.36. The zero-order chi connectivity index (χ0) is 16.6. The van der Waals surface area contributed by atoms with E-state index in [9.17, 15) is 14.4 Å². The normalized spacial score (nSPS) is 38.1. The maximum Gasteiger partial charge on any atom is 0.270 e. The first kappa shape index (κ1) is 14.4. The van der Waals surface area contributed by atoms with Gasteiger partial charge in [0.05, 0.1) is 11.8 Å². The summed E-state index contributed by atoms with van der Waals surface area (Å²) in [4.78, 5) is 37.9. The molecule has 3 fully saturated rings. The fourth-order valence-electron chi connectivity index (χ4n) is 4.83. The van der Waals surface area contributed by atoms with Gasteiger partial charge in [-0.25, -0.2) is 0 Å². The SMILES string of the molecule is O=C(NN1C(=O)[C@H]2[C@@H]3C=C[C@@H]([C@H]4C[C@H]34)[C@@H]2C1=O)c1ccc(Br)cc1. The van der Waals surface area contributed by atoms with Gasteiger partial charge in [-0.1, -0.05) is 28.1 Å². The minimum absolute atomic E-state index is 0.163. The van der Waals surface area contributed by atoms with Crippen LogP contribution in [0.1, 0.15) is 16.8 Å². The van der Waals surface area contributed by atoms with Gasteiger partial charge in [0.25, 0.3) is 17.7 Å². The Kier molecular flexibility index (Phi) is 2.87. The van der Waals surface area contributed by atoms with Gasteiger partial charge in [0.1, 0.15) is 0 Å². The number of nitrogens with one attached hydrogen (secondary N) is 1. The molecule has 24 heavy (non-hydrogen) atoms. The number of nitrogens with zero attached hydrogens (tertiary/aromatic N) is 1. The first-order valence-corrected chi connectivity index (χ1v) is 8.98. The van der Waals surface area contributed by atoms with Crippen LogP contribution < -0.4 is 5.43 Å². The summed E-state index contributed by atoms with van der Waals surface area (Å²) in [6, 6.07) is 6.80. The molecule has 2 bridgehead atoms. The van der Waals surface area contributed by atoms with E-state index >= 15 is 0 Å². The summed E-state index contributed by atoms with van der Waals surface area (Å²) in [6.07, 6.45) is 5.36. The van der Waals surface area contributed by atoms with Crippen molar-refractivity contribution in [2.75, 3.05) is 0 Å². The molecule has 6 heteroatoms. The average molecular weight is 387 g/mol. The summed E-state index contributed by atoms with van der Waals surface area (Å²) in [6.45, 7) is 0. The van der Waals surface area contributed by atoms with Crippen molar-refractivity contribution in [3.8, 4) is 0 Å². The molecule has 3 amide bonds. The smallest absolute Gasteiger partial charge is 0.270 e. The van der Waals surface area contributed by atoms with Gasteiger partial charge in [0, 0.05) is 10.0 Å². The molecule has 1 aliphatic heterocycles. The van der Waals surface area contributed by atoms with Crippen LogP contribution in [0.15, 0.2) is 40.9 Å². The lowest BCUT2D eigenvalue weighted by Crippen LogP contribution is -2.46. The van der Waals surface area contributed by atoms with Gasteiger partial charge in [0.15, 0.2) is 0 Å². The Hall–Kier alpha value is -1.95. The molecule has 1 N–H and O–H groups in total. The van der Waals surface area contributed by atoms with Crippen molar-refractivity contribution >= 4 is 33.7 Å². The number of carbonyl (C=O) groups excluding carboxylic acids is 3. The maximum atomic E-state index is 12.8. The number of hydrazine groups is 1. The summed E-state index contributed by atoms with van der Waals surface area (Å²) >= 11 is 3.32. The van der Waals surface area contributed by atoms with Crippen LogP contribution in [0.3, 0.4) is 0 Å². The van der Waals surface area contributed by atoms with Crippen LogP contribution in [0, 0.1) is 35.5 Å². The molecule has 0 unspecified atom stereocenters. The Balaban J connectivity index is 1.40. The van der Waals surface area contributed by atoms with Gasteiger partial charge in [-0.05, 0) is 54.4 Å². The summed E-state index contributed by atoms with van der Waals surface area (Å²) in [7, 11) is 0. The molecule has 1 aromatic rings. The van der Waals surface area contributed by atoms with E-state index in [0.717, 1.165) is 15.9 Å². The number of rotatable bonds is 2. The summed E-state index contributed by atoms with van der Waals surface area (Å²) in [5, 5.41) is 0.970. The molecule has 5 nitrogen and oxygen atoms in total. The molecule has 1 heterocycles. The van der Waals surface area contributed by atoms with Crippen LogP contribution >= 0.6 is 15.9 Å². The predicted molar refractivity (Wildman–Crippen MR) is 88.2 cm³/mol. The highest BCUT2D eigenvalue weighted by molar-refractivity contribution is 9.10. The van der Waals surface area contributed by atoms with Crippen molar-refractivity contribution in [2.45, 2.75) is 6.42 Å². The van der Waals surface area contributed by atoms with Crippen molar-refractivity contribution in [3.05, 3.63) is 46.5 Å². The minimum atomic E-state index is -0.437. The number of hydrogen-bond donors (Lipinski definition) is 1. The number of allylic oxidation sites excluding steroid dienone is 2. The van der Waals surface area contributed by atoms with Gasteiger partial charge in [-0.3, -0.25) is 19.8 Å². The number of amides is 3. The van der Waals surface area contributed by atoms with E-state index in [1.165, 1.54) is 0 Å². The van der Waals surface area contributed by atoms with Gasteiger partial charge >= 0.3 is 0 Å². The number of carbonyl (C=O) groups is 3. The zero-order valence-electron chi connectivity index (χ0n) is 12.7. The van der Waals surface area contributed by atoms with E-state index in [2.05, 4.69) is 33.5 Å². The third-order valence-corrected chi connectivity index (χ3v) is 6.51. The van der Waals surface area contributed by atoms with Crippen LogP contribution in [0.25, 0.3) is 0 Å². The monoisotopic (exact) mass is 386 g/mol.